The molecule has 1 aromatic carbocycles. The lowest BCUT2D eigenvalue weighted by Gasteiger charge is -2.09. The molecule has 0 spiro atoms. The van der Waals surface area contributed by atoms with Crippen molar-refractivity contribution in [1.29, 1.82) is 0 Å². The number of hydrogen-bond donors (Lipinski definition) is 3. The van der Waals surface area contributed by atoms with Gasteiger partial charge in [0, 0.05) is 12.2 Å². The number of rotatable bonds is 5. The molecule has 0 aliphatic heterocycles. The zero-order chi connectivity index (χ0) is 13.8. The quantitative estimate of drug-likeness (QED) is 0.747. The van der Waals surface area contributed by atoms with Gasteiger partial charge in [0.05, 0.1) is 4.90 Å². The normalized spacial score (nSPS) is 11.5. The SMILES string of the molecule is CC(C)CNS(=O)(=O)c1ccc(NC(N)=O)cc1. The average Bonchev–Trinajstić information content (AvgIpc) is 2.26. The van der Waals surface area contributed by atoms with Gasteiger partial charge in [0.2, 0.25) is 10.0 Å². The molecule has 0 aliphatic carbocycles. The summed E-state index contributed by atoms with van der Waals surface area (Å²) >= 11 is 0. The second-order valence-electron chi connectivity index (χ2n) is 4.26. The van der Waals surface area contributed by atoms with E-state index < -0.39 is 16.1 Å². The molecule has 18 heavy (non-hydrogen) atoms. The van der Waals surface area contributed by atoms with E-state index in [1.807, 2.05) is 13.8 Å². The first kappa shape index (κ1) is 14.5. The molecule has 6 nitrogen and oxygen atoms in total. The molecule has 2 amide bonds. The van der Waals surface area contributed by atoms with Crippen molar-refractivity contribution in [3.05, 3.63) is 24.3 Å². The van der Waals surface area contributed by atoms with Crippen LogP contribution < -0.4 is 15.8 Å². The van der Waals surface area contributed by atoms with Gasteiger partial charge < -0.3 is 11.1 Å². The summed E-state index contributed by atoms with van der Waals surface area (Å²) in [7, 11) is -3.49. The van der Waals surface area contributed by atoms with Crippen LogP contribution in [0.1, 0.15) is 13.8 Å². The van der Waals surface area contributed by atoms with Gasteiger partial charge in [0.15, 0.2) is 0 Å². The summed E-state index contributed by atoms with van der Waals surface area (Å²) in [5, 5.41) is 2.36. The van der Waals surface area contributed by atoms with Crippen molar-refractivity contribution in [2.24, 2.45) is 11.7 Å². The van der Waals surface area contributed by atoms with E-state index in [0.29, 0.717) is 12.2 Å². The highest BCUT2D eigenvalue weighted by molar-refractivity contribution is 7.89. The van der Waals surface area contributed by atoms with Crippen LogP contribution in [0.2, 0.25) is 0 Å². The number of nitrogens with one attached hydrogen (secondary N) is 2. The molecule has 0 saturated carbocycles. The highest BCUT2D eigenvalue weighted by Crippen LogP contribution is 2.13. The second-order valence-corrected chi connectivity index (χ2v) is 6.03. The minimum atomic E-state index is -3.49. The molecule has 0 unspecified atom stereocenters. The third-order valence-electron chi connectivity index (χ3n) is 2.11. The Hall–Kier alpha value is -1.60. The van der Waals surface area contributed by atoms with Gasteiger partial charge in [-0.2, -0.15) is 0 Å². The number of amides is 2. The van der Waals surface area contributed by atoms with Crippen molar-refractivity contribution in [3.63, 3.8) is 0 Å². The lowest BCUT2D eigenvalue weighted by molar-refractivity contribution is 0.259. The summed E-state index contributed by atoms with van der Waals surface area (Å²) in [5.41, 5.74) is 5.40. The van der Waals surface area contributed by atoms with E-state index in [4.69, 9.17) is 5.73 Å². The number of anilines is 1. The molecule has 0 saturated heterocycles. The van der Waals surface area contributed by atoms with E-state index in [1.54, 1.807) is 0 Å². The molecule has 4 N–H and O–H groups in total. The Bertz CT molecular complexity index is 509. The van der Waals surface area contributed by atoms with E-state index in [9.17, 15) is 13.2 Å². The highest BCUT2D eigenvalue weighted by atomic mass is 32.2. The molecule has 0 radical (unpaired) electrons. The van der Waals surface area contributed by atoms with Crippen molar-refractivity contribution in [2.45, 2.75) is 18.7 Å². The standard InChI is InChI=1S/C11H17N3O3S/c1-8(2)7-13-18(16,17)10-5-3-9(4-6-10)14-11(12)15/h3-6,8,13H,7H2,1-2H3,(H3,12,14,15). The molecule has 0 aliphatic rings. The van der Waals surface area contributed by atoms with Gasteiger partial charge in [-0.3, -0.25) is 0 Å². The average molecular weight is 271 g/mol. The third kappa shape index (κ3) is 4.34. The summed E-state index contributed by atoms with van der Waals surface area (Å²) in [5.74, 6) is 0.232. The molecule has 0 fully saturated rings. The monoisotopic (exact) mass is 271 g/mol. The maximum atomic E-state index is 11.8. The Morgan fingerprint density at radius 3 is 2.28 bits per heavy atom. The van der Waals surface area contributed by atoms with E-state index in [2.05, 4.69) is 10.0 Å². The predicted octanol–water partition coefficient (Wildman–Crippen LogP) is 1.11. The molecule has 0 bridgehead atoms. The van der Waals surface area contributed by atoms with Crippen molar-refractivity contribution in [1.82, 2.24) is 4.72 Å². The molecule has 100 valence electrons. The number of hydrogen-bond acceptors (Lipinski definition) is 3. The van der Waals surface area contributed by atoms with Gasteiger partial charge in [0.1, 0.15) is 0 Å². The van der Waals surface area contributed by atoms with Gasteiger partial charge in [0.25, 0.3) is 0 Å². The topological polar surface area (TPSA) is 101 Å². The van der Waals surface area contributed by atoms with Gasteiger partial charge in [-0.25, -0.2) is 17.9 Å². The van der Waals surface area contributed by atoms with Gasteiger partial charge >= 0.3 is 6.03 Å². The molecule has 0 heterocycles. The lowest BCUT2D eigenvalue weighted by atomic mass is 10.2. The van der Waals surface area contributed by atoms with Crippen LogP contribution in [0.3, 0.4) is 0 Å². The van der Waals surface area contributed by atoms with E-state index in [-0.39, 0.29) is 10.8 Å². The Morgan fingerprint density at radius 2 is 1.83 bits per heavy atom. The maximum absolute atomic E-state index is 11.8. The van der Waals surface area contributed by atoms with Gasteiger partial charge in [-0.1, -0.05) is 13.8 Å². The fourth-order valence-corrected chi connectivity index (χ4v) is 2.43. The summed E-state index contributed by atoms with van der Waals surface area (Å²) in [6.07, 6.45) is 0. The van der Waals surface area contributed by atoms with Gasteiger partial charge in [-0.05, 0) is 30.2 Å². The number of nitrogens with two attached hydrogens (primary N) is 1. The molecular weight excluding hydrogens is 254 g/mol. The van der Waals surface area contributed by atoms with Crippen molar-refractivity contribution in [2.75, 3.05) is 11.9 Å². The van der Waals surface area contributed by atoms with Crippen molar-refractivity contribution < 1.29 is 13.2 Å². The van der Waals surface area contributed by atoms with Crippen molar-refractivity contribution in [3.8, 4) is 0 Å². The molecule has 7 heteroatoms. The van der Waals surface area contributed by atoms with E-state index in [0.717, 1.165) is 0 Å². The number of sulfonamides is 1. The maximum Gasteiger partial charge on any atom is 0.316 e. The first-order valence-electron chi connectivity index (χ1n) is 5.47. The third-order valence-corrected chi connectivity index (χ3v) is 3.55. The predicted molar refractivity (Wildman–Crippen MR) is 69.7 cm³/mol. The molecular formula is C11H17N3O3S. The lowest BCUT2D eigenvalue weighted by Crippen LogP contribution is -2.27. The summed E-state index contributed by atoms with van der Waals surface area (Å²) in [6.45, 7) is 4.22. The fraction of sp³-hybridized carbons (Fsp3) is 0.364. The van der Waals surface area contributed by atoms with Gasteiger partial charge in [-0.15, -0.1) is 0 Å². The largest absolute Gasteiger partial charge is 0.351 e. The van der Waals surface area contributed by atoms with Crippen LogP contribution in [0.15, 0.2) is 29.2 Å². The molecule has 0 atom stereocenters. The van der Waals surface area contributed by atoms with E-state index in [1.165, 1.54) is 24.3 Å². The van der Waals surface area contributed by atoms with Crippen molar-refractivity contribution >= 4 is 21.7 Å². The number of urea groups is 1. The number of primary amides is 1. The van der Waals surface area contributed by atoms with Crippen LogP contribution in [0.25, 0.3) is 0 Å². The van der Waals surface area contributed by atoms with Crippen LogP contribution in [-0.2, 0) is 10.0 Å². The summed E-state index contributed by atoms with van der Waals surface area (Å²) < 4.78 is 26.2. The van der Waals surface area contributed by atoms with Crippen LogP contribution in [0, 0.1) is 5.92 Å². The minimum Gasteiger partial charge on any atom is -0.351 e. The smallest absolute Gasteiger partial charge is 0.316 e. The van der Waals surface area contributed by atoms with Crippen LogP contribution in [0.5, 0.6) is 0 Å². The number of carbonyl (C=O) groups excluding carboxylic acids is 1. The molecule has 1 rings (SSSR count). The molecule has 1 aromatic rings. The summed E-state index contributed by atoms with van der Waals surface area (Å²) in [6, 6.07) is 5.09. The zero-order valence-corrected chi connectivity index (χ0v) is 11.1. The van der Waals surface area contributed by atoms with Crippen LogP contribution in [0.4, 0.5) is 10.5 Å². The minimum absolute atomic E-state index is 0.151. The Labute approximate surface area is 107 Å². The summed E-state index contributed by atoms with van der Waals surface area (Å²) in [4.78, 5) is 10.8. The fourth-order valence-electron chi connectivity index (χ4n) is 1.22. The number of benzene rings is 1. The highest BCUT2D eigenvalue weighted by Gasteiger charge is 2.13. The first-order valence-corrected chi connectivity index (χ1v) is 6.96. The van der Waals surface area contributed by atoms with Crippen LogP contribution in [-0.4, -0.2) is 21.0 Å². The first-order chi connectivity index (χ1) is 8.31. The Kier molecular flexibility index (Phi) is 4.69. The second kappa shape index (κ2) is 5.83. The van der Waals surface area contributed by atoms with E-state index >= 15 is 0 Å². The Balaban J connectivity index is 2.81. The number of carbonyl (C=O) groups is 1. The zero-order valence-electron chi connectivity index (χ0n) is 10.3. The Morgan fingerprint density at radius 1 is 1.28 bits per heavy atom. The van der Waals surface area contributed by atoms with Crippen LogP contribution >= 0.6 is 0 Å². The molecule has 0 aromatic heterocycles.